The Morgan fingerprint density at radius 3 is 2.60 bits per heavy atom. The van der Waals surface area contributed by atoms with Crippen LogP contribution in [0.2, 0.25) is 0 Å². The highest BCUT2D eigenvalue weighted by Gasteiger charge is 2.20. The van der Waals surface area contributed by atoms with Crippen LogP contribution in [-0.4, -0.2) is 36.9 Å². The lowest BCUT2D eigenvalue weighted by molar-refractivity contribution is 0.165. The first-order valence-electron chi connectivity index (χ1n) is 7.82. The summed E-state index contributed by atoms with van der Waals surface area (Å²) in [6.45, 7) is 0.650. The van der Waals surface area contributed by atoms with Gasteiger partial charge in [0, 0.05) is 25.5 Å². The maximum Gasteiger partial charge on any atom is 0.228 e. The molecule has 1 fully saturated rings. The minimum Gasteiger partial charge on any atom is -0.383 e. The summed E-state index contributed by atoms with van der Waals surface area (Å²) in [6, 6.07) is 0.227. The summed E-state index contributed by atoms with van der Waals surface area (Å²) in [4.78, 5) is 4.60. The molecule has 0 radical (unpaired) electrons. The Hall–Kier alpha value is -0.940. The molecule has 114 valence electrons. The van der Waals surface area contributed by atoms with Crippen molar-refractivity contribution >= 4 is 0 Å². The van der Waals surface area contributed by atoms with Crippen LogP contribution in [0.5, 0.6) is 0 Å². The van der Waals surface area contributed by atoms with Crippen LogP contribution in [0.25, 0.3) is 0 Å². The molecule has 20 heavy (non-hydrogen) atoms. The molecule has 5 heteroatoms. The number of nitrogens with zero attached hydrogens (tertiary/aromatic N) is 2. The van der Waals surface area contributed by atoms with Gasteiger partial charge in [-0.3, -0.25) is 0 Å². The SMILES string of the molecule is CNC(COC)Cc1nc(C2CCCCCCC2)no1. The van der Waals surface area contributed by atoms with Gasteiger partial charge in [0.05, 0.1) is 6.61 Å². The number of ether oxygens (including phenoxy) is 1. The summed E-state index contributed by atoms with van der Waals surface area (Å²) in [5.74, 6) is 2.12. The van der Waals surface area contributed by atoms with Crippen molar-refractivity contribution in [1.82, 2.24) is 15.5 Å². The first kappa shape index (κ1) is 15.4. The van der Waals surface area contributed by atoms with Crippen molar-refractivity contribution in [2.75, 3.05) is 20.8 Å². The van der Waals surface area contributed by atoms with Crippen molar-refractivity contribution < 1.29 is 9.26 Å². The van der Waals surface area contributed by atoms with Gasteiger partial charge >= 0.3 is 0 Å². The average Bonchev–Trinajstić information content (AvgIpc) is 2.86. The fraction of sp³-hybridized carbons (Fsp3) is 0.867. The van der Waals surface area contributed by atoms with Crippen molar-refractivity contribution in [3.63, 3.8) is 0 Å². The van der Waals surface area contributed by atoms with E-state index in [9.17, 15) is 0 Å². The summed E-state index contributed by atoms with van der Waals surface area (Å²) in [5, 5.41) is 7.41. The first-order valence-corrected chi connectivity index (χ1v) is 7.82. The molecule has 1 aliphatic rings. The van der Waals surface area contributed by atoms with Gasteiger partial charge in [0.2, 0.25) is 5.89 Å². The fourth-order valence-electron chi connectivity index (χ4n) is 2.89. The second-order valence-electron chi connectivity index (χ2n) is 5.73. The zero-order valence-corrected chi connectivity index (χ0v) is 12.7. The van der Waals surface area contributed by atoms with E-state index in [0.717, 1.165) is 18.1 Å². The van der Waals surface area contributed by atoms with Crippen molar-refractivity contribution in [3.8, 4) is 0 Å². The lowest BCUT2D eigenvalue weighted by Crippen LogP contribution is -2.32. The van der Waals surface area contributed by atoms with Crippen LogP contribution < -0.4 is 5.32 Å². The molecule has 1 aliphatic carbocycles. The van der Waals surface area contributed by atoms with Crippen LogP contribution in [0.4, 0.5) is 0 Å². The molecule has 1 N–H and O–H groups in total. The molecule has 2 rings (SSSR count). The van der Waals surface area contributed by atoms with Gasteiger partial charge in [0.15, 0.2) is 5.82 Å². The second kappa shape index (κ2) is 8.37. The maximum absolute atomic E-state index is 5.41. The Morgan fingerprint density at radius 1 is 1.25 bits per heavy atom. The van der Waals surface area contributed by atoms with Gasteiger partial charge in [-0.25, -0.2) is 0 Å². The number of nitrogens with one attached hydrogen (secondary N) is 1. The number of hydrogen-bond donors (Lipinski definition) is 1. The van der Waals surface area contributed by atoms with E-state index in [1.165, 1.54) is 44.9 Å². The highest BCUT2D eigenvalue weighted by Crippen LogP contribution is 2.29. The number of methoxy groups -OCH3 is 1. The van der Waals surface area contributed by atoms with Crippen LogP contribution in [0.1, 0.15) is 62.6 Å². The van der Waals surface area contributed by atoms with Gasteiger partial charge in [-0.2, -0.15) is 4.98 Å². The summed E-state index contributed by atoms with van der Waals surface area (Å²) in [6.07, 6.45) is 9.77. The number of likely N-dealkylation sites (N-methyl/N-ethyl adjacent to an activating group) is 1. The molecule has 1 unspecified atom stereocenters. The van der Waals surface area contributed by atoms with E-state index in [4.69, 9.17) is 9.26 Å². The van der Waals surface area contributed by atoms with E-state index in [-0.39, 0.29) is 6.04 Å². The van der Waals surface area contributed by atoms with Gasteiger partial charge < -0.3 is 14.6 Å². The van der Waals surface area contributed by atoms with Crippen molar-refractivity contribution in [2.45, 2.75) is 63.3 Å². The first-order chi connectivity index (χ1) is 9.83. The Kier molecular flexibility index (Phi) is 6.47. The Labute approximate surface area is 121 Å². The highest BCUT2D eigenvalue weighted by molar-refractivity contribution is 4.97. The lowest BCUT2D eigenvalue weighted by atomic mass is 9.91. The highest BCUT2D eigenvalue weighted by atomic mass is 16.5. The third kappa shape index (κ3) is 4.56. The Balaban J connectivity index is 1.92. The molecular weight excluding hydrogens is 254 g/mol. The molecule has 0 aromatic carbocycles. The van der Waals surface area contributed by atoms with Crippen LogP contribution in [0.15, 0.2) is 4.52 Å². The smallest absolute Gasteiger partial charge is 0.228 e. The van der Waals surface area contributed by atoms with Crippen molar-refractivity contribution in [1.29, 1.82) is 0 Å². The average molecular weight is 281 g/mol. The number of rotatable bonds is 6. The molecule has 0 spiro atoms. The largest absolute Gasteiger partial charge is 0.383 e. The van der Waals surface area contributed by atoms with E-state index in [2.05, 4.69) is 15.5 Å². The molecule has 1 saturated carbocycles. The molecule has 1 aromatic heterocycles. The molecule has 1 heterocycles. The quantitative estimate of drug-likeness (QED) is 0.868. The Bertz CT molecular complexity index is 373. The summed E-state index contributed by atoms with van der Waals surface area (Å²) >= 11 is 0. The predicted molar refractivity (Wildman–Crippen MR) is 77.8 cm³/mol. The monoisotopic (exact) mass is 281 g/mol. The number of aromatic nitrogens is 2. The third-order valence-electron chi connectivity index (χ3n) is 4.15. The van der Waals surface area contributed by atoms with Crippen molar-refractivity contribution in [2.24, 2.45) is 0 Å². The van der Waals surface area contributed by atoms with E-state index < -0.39 is 0 Å². The number of hydrogen-bond acceptors (Lipinski definition) is 5. The Morgan fingerprint density at radius 2 is 1.95 bits per heavy atom. The zero-order valence-electron chi connectivity index (χ0n) is 12.7. The molecule has 0 bridgehead atoms. The van der Waals surface area contributed by atoms with Crippen LogP contribution in [0, 0.1) is 0 Å². The maximum atomic E-state index is 5.41. The zero-order chi connectivity index (χ0) is 14.2. The summed E-state index contributed by atoms with van der Waals surface area (Å²) in [7, 11) is 3.63. The topological polar surface area (TPSA) is 60.2 Å². The molecule has 0 saturated heterocycles. The van der Waals surface area contributed by atoms with Crippen LogP contribution in [0.3, 0.4) is 0 Å². The lowest BCUT2D eigenvalue weighted by Gasteiger charge is -2.16. The normalized spacial score (nSPS) is 19.5. The molecular formula is C15H27N3O2. The minimum atomic E-state index is 0.227. The van der Waals surface area contributed by atoms with Gasteiger partial charge in [-0.1, -0.05) is 37.3 Å². The van der Waals surface area contributed by atoms with E-state index in [0.29, 0.717) is 12.5 Å². The van der Waals surface area contributed by atoms with Crippen molar-refractivity contribution in [3.05, 3.63) is 11.7 Å². The van der Waals surface area contributed by atoms with Crippen LogP contribution in [-0.2, 0) is 11.2 Å². The molecule has 1 aromatic rings. The fourth-order valence-corrected chi connectivity index (χ4v) is 2.89. The van der Waals surface area contributed by atoms with E-state index in [1.807, 2.05) is 7.05 Å². The van der Waals surface area contributed by atoms with Crippen LogP contribution >= 0.6 is 0 Å². The second-order valence-corrected chi connectivity index (χ2v) is 5.73. The van der Waals surface area contributed by atoms with Gasteiger partial charge in [0.25, 0.3) is 0 Å². The van der Waals surface area contributed by atoms with E-state index >= 15 is 0 Å². The predicted octanol–water partition coefficient (Wildman–Crippen LogP) is 2.67. The minimum absolute atomic E-state index is 0.227. The summed E-state index contributed by atoms with van der Waals surface area (Å²) < 4.78 is 10.6. The molecule has 0 amide bonds. The summed E-state index contributed by atoms with van der Waals surface area (Å²) in [5.41, 5.74) is 0. The van der Waals surface area contributed by atoms with Gasteiger partial charge in [-0.15, -0.1) is 0 Å². The van der Waals surface area contributed by atoms with Gasteiger partial charge in [-0.05, 0) is 19.9 Å². The third-order valence-corrected chi connectivity index (χ3v) is 4.15. The molecule has 0 aliphatic heterocycles. The van der Waals surface area contributed by atoms with E-state index in [1.54, 1.807) is 7.11 Å². The standard InChI is InChI=1S/C15H27N3O2/c1-16-13(11-19-2)10-14-17-15(18-20-14)12-8-6-4-3-5-7-9-12/h12-13,16H,3-11H2,1-2H3. The van der Waals surface area contributed by atoms with Gasteiger partial charge in [0.1, 0.15) is 0 Å². The molecule has 1 atom stereocenters. The molecule has 5 nitrogen and oxygen atoms in total.